The van der Waals surface area contributed by atoms with Crippen LogP contribution in [0, 0.1) is 0 Å². The Morgan fingerprint density at radius 2 is 1.80 bits per heavy atom. The summed E-state index contributed by atoms with van der Waals surface area (Å²) in [5, 5.41) is 16.1. The van der Waals surface area contributed by atoms with Gasteiger partial charge in [0.1, 0.15) is 30.4 Å². The fourth-order valence-electron chi connectivity index (χ4n) is 6.71. The van der Waals surface area contributed by atoms with Crippen molar-refractivity contribution >= 4 is 19.1 Å². The van der Waals surface area contributed by atoms with E-state index < -0.39 is 25.7 Å². The summed E-state index contributed by atoms with van der Waals surface area (Å²) in [5.74, 6) is -1.47. The number of aromatic nitrogens is 7. The fraction of sp³-hybridized carbons (Fsp3) is 0.618. The molecule has 0 aromatic carbocycles. The minimum absolute atomic E-state index is 0.128. The fourth-order valence-corrected chi connectivity index (χ4v) is 7.46. The topological polar surface area (TPSA) is 116 Å². The maximum absolute atomic E-state index is 13.5. The summed E-state index contributed by atoms with van der Waals surface area (Å²) < 4.78 is 56.4. The first kappa shape index (κ1) is 35.4. The van der Waals surface area contributed by atoms with Gasteiger partial charge in [-0.2, -0.15) is 23.3 Å². The third-order valence-corrected chi connectivity index (χ3v) is 11.5. The molecule has 1 aliphatic carbocycles. The van der Waals surface area contributed by atoms with E-state index in [2.05, 4.69) is 62.3 Å². The van der Waals surface area contributed by atoms with Crippen LogP contribution in [0.5, 0.6) is 5.88 Å². The summed E-state index contributed by atoms with van der Waals surface area (Å²) in [6, 6.07) is 4.81. The van der Waals surface area contributed by atoms with Crippen LogP contribution in [-0.4, -0.2) is 84.2 Å². The van der Waals surface area contributed by atoms with E-state index in [0.717, 1.165) is 67.3 Å². The van der Waals surface area contributed by atoms with Gasteiger partial charge in [-0.25, -0.2) is 15.0 Å². The summed E-state index contributed by atoms with van der Waals surface area (Å²) in [6.45, 7) is 14.9. The van der Waals surface area contributed by atoms with Crippen molar-refractivity contribution in [3.05, 3.63) is 48.6 Å². The van der Waals surface area contributed by atoms with Crippen molar-refractivity contribution in [2.75, 3.05) is 19.7 Å². The standard InChI is InChI=1S/C34H47F3N8O3Si/c1-7-33(45-18-23(17-40-45)29-26-12-13-43(30(26)39-21-38-29)22-47-14-15-49(4,5)6)19-44(20-33)24-8-10-25(11-9-24)48-28-16-27(32(2,3)46)41-31(42-28)34(35,36)37/h12-13,16-18,21,24-25,46H,7-11,14-15,19-20,22H2,1-6H3. The van der Waals surface area contributed by atoms with Gasteiger partial charge in [0, 0.05) is 63.2 Å². The number of hydrogen-bond acceptors (Lipinski definition) is 9. The number of alkyl halides is 3. The molecule has 266 valence electrons. The molecule has 5 heterocycles. The first-order chi connectivity index (χ1) is 23.0. The van der Waals surface area contributed by atoms with Crippen LogP contribution in [0.1, 0.15) is 64.4 Å². The van der Waals surface area contributed by atoms with Crippen molar-refractivity contribution in [2.45, 2.75) is 115 Å². The molecule has 0 radical (unpaired) electrons. The maximum Gasteiger partial charge on any atom is 0.451 e. The SMILES string of the molecule is CCC1(n2cc(-c3ncnc4c3ccn4COCC[Si](C)(C)C)cn2)CN(C2CCC(Oc3cc(C(C)(C)O)nc(C(F)(F)F)n3)CC2)C1. The van der Waals surface area contributed by atoms with Gasteiger partial charge < -0.3 is 19.1 Å². The largest absolute Gasteiger partial charge is 0.474 e. The smallest absolute Gasteiger partial charge is 0.451 e. The van der Waals surface area contributed by atoms with Crippen LogP contribution < -0.4 is 4.74 Å². The minimum Gasteiger partial charge on any atom is -0.474 e. The van der Waals surface area contributed by atoms with Crippen LogP contribution in [0.15, 0.2) is 37.1 Å². The van der Waals surface area contributed by atoms with Gasteiger partial charge in [0.25, 0.3) is 0 Å². The lowest BCUT2D eigenvalue weighted by Gasteiger charge is -2.54. The average molecular weight is 701 g/mol. The predicted octanol–water partition coefficient (Wildman–Crippen LogP) is 6.45. The first-order valence-corrected chi connectivity index (χ1v) is 20.8. The van der Waals surface area contributed by atoms with Crippen molar-refractivity contribution in [1.82, 2.24) is 39.2 Å². The highest BCUT2D eigenvalue weighted by molar-refractivity contribution is 6.76. The number of nitrogens with zero attached hydrogens (tertiary/aromatic N) is 8. The third-order valence-electron chi connectivity index (χ3n) is 9.81. The summed E-state index contributed by atoms with van der Waals surface area (Å²) in [6.07, 6.45) is 6.61. The number of aliphatic hydroxyl groups is 1. The van der Waals surface area contributed by atoms with Crippen molar-refractivity contribution in [3.63, 3.8) is 0 Å². The number of rotatable bonds is 12. The highest BCUT2D eigenvalue weighted by atomic mass is 28.3. The van der Waals surface area contributed by atoms with Gasteiger partial charge in [-0.1, -0.05) is 26.6 Å². The van der Waals surface area contributed by atoms with E-state index in [4.69, 9.17) is 14.6 Å². The van der Waals surface area contributed by atoms with Gasteiger partial charge in [0.05, 0.1) is 23.1 Å². The summed E-state index contributed by atoms with van der Waals surface area (Å²) >= 11 is 0. The maximum atomic E-state index is 13.5. The second-order valence-corrected chi connectivity index (χ2v) is 20.9. The summed E-state index contributed by atoms with van der Waals surface area (Å²) in [4.78, 5) is 18.8. The number of likely N-dealkylation sites (tertiary alicyclic amines) is 1. The average Bonchev–Trinajstić information content (AvgIpc) is 3.67. The van der Waals surface area contributed by atoms with Crippen LogP contribution in [-0.2, 0) is 28.8 Å². The molecule has 1 saturated carbocycles. The second kappa shape index (κ2) is 13.4. The van der Waals surface area contributed by atoms with Crippen molar-refractivity contribution < 1.29 is 27.8 Å². The van der Waals surface area contributed by atoms with Crippen LogP contribution in [0.2, 0.25) is 25.7 Å². The molecule has 2 aliphatic rings. The van der Waals surface area contributed by atoms with E-state index in [9.17, 15) is 18.3 Å². The molecule has 1 saturated heterocycles. The summed E-state index contributed by atoms with van der Waals surface area (Å²) in [7, 11) is -1.16. The lowest BCUT2D eigenvalue weighted by Crippen LogP contribution is -2.65. The van der Waals surface area contributed by atoms with Gasteiger partial charge >= 0.3 is 6.18 Å². The Kier molecular flexibility index (Phi) is 9.67. The lowest BCUT2D eigenvalue weighted by molar-refractivity contribution is -0.145. The van der Waals surface area contributed by atoms with Crippen LogP contribution in [0.4, 0.5) is 13.2 Å². The quantitative estimate of drug-likeness (QED) is 0.131. The first-order valence-electron chi connectivity index (χ1n) is 17.1. The van der Waals surface area contributed by atoms with Gasteiger partial charge in [0.15, 0.2) is 0 Å². The van der Waals surface area contributed by atoms with E-state index in [1.807, 2.05) is 23.0 Å². The molecule has 49 heavy (non-hydrogen) atoms. The molecule has 0 spiro atoms. The van der Waals surface area contributed by atoms with E-state index in [0.29, 0.717) is 25.6 Å². The molecule has 4 aromatic heterocycles. The molecule has 1 N–H and O–H groups in total. The van der Waals surface area contributed by atoms with Crippen molar-refractivity contribution in [1.29, 1.82) is 0 Å². The Morgan fingerprint density at radius 1 is 1.06 bits per heavy atom. The Bertz CT molecular complexity index is 1720. The zero-order chi connectivity index (χ0) is 35.2. The number of halogens is 3. The molecule has 0 amide bonds. The molecule has 1 aliphatic heterocycles. The molecule has 11 nitrogen and oxygen atoms in total. The highest BCUT2D eigenvalue weighted by Crippen LogP contribution is 2.39. The molecular formula is C34H47F3N8O3Si. The van der Waals surface area contributed by atoms with E-state index >= 15 is 0 Å². The molecule has 6 rings (SSSR count). The predicted molar refractivity (Wildman–Crippen MR) is 182 cm³/mol. The zero-order valence-corrected chi connectivity index (χ0v) is 30.2. The van der Waals surface area contributed by atoms with E-state index in [1.165, 1.54) is 19.9 Å². The number of fused-ring (bicyclic) bond motifs is 1. The van der Waals surface area contributed by atoms with Gasteiger partial charge in [-0.05, 0) is 58.1 Å². The zero-order valence-electron chi connectivity index (χ0n) is 29.2. The Balaban J connectivity index is 1.06. The monoisotopic (exact) mass is 700 g/mol. The normalized spacial score (nSPS) is 20.4. The highest BCUT2D eigenvalue weighted by Gasteiger charge is 2.47. The van der Waals surface area contributed by atoms with E-state index in [1.54, 1.807) is 6.33 Å². The van der Waals surface area contributed by atoms with Crippen LogP contribution in [0.25, 0.3) is 22.3 Å². The van der Waals surface area contributed by atoms with Crippen molar-refractivity contribution in [3.8, 4) is 17.1 Å². The Morgan fingerprint density at radius 3 is 2.45 bits per heavy atom. The van der Waals surface area contributed by atoms with Gasteiger partial charge in [-0.3, -0.25) is 9.58 Å². The molecule has 0 unspecified atom stereocenters. The minimum atomic E-state index is -4.75. The Hall–Kier alpha value is -3.40. The van der Waals surface area contributed by atoms with Crippen LogP contribution in [0.3, 0.4) is 0 Å². The van der Waals surface area contributed by atoms with Crippen molar-refractivity contribution in [2.24, 2.45) is 0 Å². The Labute approximate surface area is 285 Å². The van der Waals surface area contributed by atoms with Crippen LogP contribution >= 0.6 is 0 Å². The number of ether oxygens (including phenoxy) is 2. The molecule has 15 heteroatoms. The van der Waals surface area contributed by atoms with Gasteiger partial charge in [0.2, 0.25) is 11.7 Å². The third kappa shape index (κ3) is 7.84. The molecule has 4 aromatic rings. The molecule has 0 bridgehead atoms. The molecule has 0 atom stereocenters. The number of hydrogen-bond donors (Lipinski definition) is 1. The molecule has 2 fully saturated rings. The van der Waals surface area contributed by atoms with Gasteiger partial charge in [-0.15, -0.1) is 0 Å². The lowest BCUT2D eigenvalue weighted by atomic mass is 9.82. The van der Waals surface area contributed by atoms with E-state index in [-0.39, 0.29) is 23.2 Å². The molecular weight excluding hydrogens is 654 g/mol. The summed E-state index contributed by atoms with van der Waals surface area (Å²) in [5.41, 5.74) is 0.807. The second-order valence-electron chi connectivity index (χ2n) is 15.3.